The number of rotatable bonds is 6. The molecule has 0 aliphatic rings. The van der Waals surface area contributed by atoms with Gasteiger partial charge in [-0.05, 0) is 41.5 Å². The Kier molecular flexibility index (Phi) is 6.28. The van der Waals surface area contributed by atoms with Gasteiger partial charge in [0.1, 0.15) is 5.75 Å². The summed E-state index contributed by atoms with van der Waals surface area (Å²) < 4.78 is 5.60. The third-order valence-corrected chi connectivity index (χ3v) is 5.38. The lowest BCUT2D eigenvalue weighted by molar-refractivity contribution is -0.118. The van der Waals surface area contributed by atoms with Gasteiger partial charge in [-0.3, -0.25) is 4.79 Å². The smallest absolute Gasteiger partial charge is 0.262 e. The number of ether oxygens (including phenoxy) is 1. The van der Waals surface area contributed by atoms with E-state index in [0.29, 0.717) is 21.5 Å². The van der Waals surface area contributed by atoms with Gasteiger partial charge in [0.05, 0.1) is 10.0 Å². The second kappa shape index (κ2) is 8.68. The van der Waals surface area contributed by atoms with Gasteiger partial charge in [0.25, 0.3) is 5.91 Å². The van der Waals surface area contributed by atoms with Gasteiger partial charge in [-0.25, -0.2) is 0 Å². The first-order valence-electron chi connectivity index (χ1n) is 8.90. The topological polar surface area (TPSA) is 38.3 Å². The summed E-state index contributed by atoms with van der Waals surface area (Å²) in [4.78, 5) is 12.1. The lowest BCUT2D eigenvalue weighted by Gasteiger charge is -2.26. The zero-order chi connectivity index (χ0) is 20.1. The van der Waals surface area contributed by atoms with E-state index in [2.05, 4.69) is 31.3 Å². The Labute approximate surface area is 175 Å². The highest BCUT2D eigenvalue weighted by atomic mass is 35.5. The van der Waals surface area contributed by atoms with Crippen molar-refractivity contribution in [3.05, 3.63) is 94.0 Å². The molecule has 1 amide bonds. The van der Waals surface area contributed by atoms with Gasteiger partial charge >= 0.3 is 0 Å². The molecule has 0 spiro atoms. The average molecular weight is 414 g/mol. The molecular weight excluding hydrogens is 393 g/mol. The van der Waals surface area contributed by atoms with Crippen LogP contribution in [0.5, 0.6) is 5.75 Å². The highest BCUT2D eigenvalue weighted by Crippen LogP contribution is 2.32. The van der Waals surface area contributed by atoms with Crippen LogP contribution in [0.15, 0.2) is 72.8 Å². The van der Waals surface area contributed by atoms with Crippen LogP contribution in [0.25, 0.3) is 0 Å². The molecule has 0 bridgehead atoms. The summed E-state index contributed by atoms with van der Waals surface area (Å²) in [6, 6.07) is 23.1. The number of nitrogens with one attached hydrogen (secondary N) is 1. The van der Waals surface area contributed by atoms with E-state index >= 15 is 0 Å². The number of hydrogen-bond donors (Lipinski definition) is 1. The van der Waals surface area contributed by atoms with Gasteiger partial charge in [0.15, 0.2) is 6.61 Å². The molecule has 144 valence electrons. The van der Waals surface area contributed by atoms with Gasteiger partial charge in [0.2, 0.25) is 0 Å². The molecule has 0 radical (unpaired) electrons. The number of amides is 1. The van der Waals surface area contributed by atoms with Gasteiger partial charge in [-0.15, -0.1) is 0 Å². The quantitative estimate of drug-likeness (QED) is 0.511. The van der Waals surface area contributed by atoms with E-state index in [-0.39, 0.29) is 17.9 Å². The molecule has 3 rings (SSSR count). The van der Waals surface area contributed by atoms with Crippen LogP contribution < -0.4 is 10.1 Å². The molecule has 3 aromatic rings. The van der Waals surface area contributed by atoms with E-state index in [1.165, 1.54) is 11.1 Å². The van der Waals surface area contributed by atoms with Crippen LogP contribution in [0, 0.1) is 0 Å². The fraction of sp³-hybridized carbons (Fsp3) is 0.174. The fourth-order valence-corrected chi connectivity index (χ4v) is 3.21. The summed E-state index contributed by atoms with van der Waals surface area (Å²) in [5.41, 5.74) is 2.87. The maximum atomic E-state index is 12.1. The Balaban J connectivity index is 1.60. The molecule has 1 N–H and O–H groups in total. The molecule has 3 nitrogen and oxygen atoms in total. The van der Waals surface area contributed by atoms with Crippen LogP contribution in [0.4, 0.5) is 5.69 Å². The van der Waals surface area contributed by atoms with Crippen LogP contribution in [0.1, 0.15) is 25.0 Å². The van der Waals surface area contributed by atoms with Crippen molar-refractivity contribution in [2.75, 3.05) is 11.9 Å². The van der Waals surface area contributed by atoms with Gasteiger partial charge < -0.3 is 10.1 Å². The summed E-state index contributed by atoms with van der Waals surface area (Å²) in [7, 11) is 0. The maximum absolute atomic E-state index is 12.1. The normalized spacial score (nSPS) is 11.1. The molecule has 3 aromatic carbocycles. The number of benzene rings is 3. The lowest BCUT2D eigenvalue weighted by Crippen LogP contribution is -2.20. The molecule has 0 unspecified atom stereocenters. The molecule has 28 heavy (non-hydrogen) atoms. The minimum Gasteiger partial charge on any atom is -0.484 e. The Bertz CT molecular complexity index is 954. The molecule has 0 heterocycles. The summed E-state index contributed by atoms with van der Waals surface area (Å²) >= 11 is 11.8. The second-order valence-corrected chi connectivity index (χ2v) is 7.80. The van der Waals surface area contributed by atoms with Crippen molar-refractivity contribution in [1.82, 2.24) is 0 Å². The van der Waals surface area contributed by atoms with Gasteiger partial charge in [0, 0.05) is 11.1 Å². The van der Waals surface area contributed by atoms with Crippen LogP contribution in [0.3, 0.4) is 0 Å². The van der Waals surface area contributed by atoms with Crippen molar-refractivity contribution in [3.8, 4) is 5.75 Å². The van der Waals surface area contributed by atoms with Crippen LogP contribution in [-0.2, 0) is 10.2 Å². The third kappa shape index (κ3) is 4.86. The van der Waals surface area contributed by atoms with Gasteiger partial charge in [-0.1, -0.05) is 79.5 Å². The van der Waals surface area contributed by atoms with E-state index in [0.717, 1.165) is 0 Å². The van der Waals surface area contributed by atoms with E-state index in [1.807, 2.05) is 42.5 Å². The molecule has 0 saturated heterocycles. The number of carbonyl (C=O) groups excluding carboxylic acids is 1. The van der Waals surface area contributed by atoms with E-state index < -0.39 is 0 Å². The Morgan fingerprint density at radius 2 is 1.54 bits per heavy atom. The molecule has 5 heteroatoms. The highest BCUT2D eigenvalue weighted by Gasteiger charge is 2.22. The summed E-state index contributed by atoms with van der Waals surface area (Å²) in [5.74, 6) is 0.365. The highest BCUT2D eigenvalue weighted by molar-refractivity contribution is 6.42. The predicted molar refractivity (Wildman–Crippen MR) is 116 cm³/mol. The molecule has 0 aliphatic heterocycles. The Morgan fingerprint density at radius 1 is 0.893 bits per heavy atom. The van der Waals surface area contributed by atoms with E-state index in [9.17, 15) is 4.79 Å². The summed E-state index contributed by atoms with van der Waals surface area (Å²) in [6.45, 7) is 4.27. The first-order chi connectivity index (χ1) is 13.4. The Hall–Kier alpha value is -2.49. The standard InChI is InChI=1S/C23H21Cl2NO2/c1-23(2,16-6-4-3-5-7-16)17-8-11-19(12-9-17)28-15-22(27)26-18-10-13-20(24)21(25)14-18/h3-14H,15H2,1-2H3,(H,26,27). The van der Waals surface area contributed by atoms with Crippen molar-refractivity contribution in [1.29, 1.82) is 0 Å². The van der Waals surface area contributed by atoms with Crippen LogP contribution >= 0.6 is 23.2 Å². The monoisotopic (exact) mass is 413 g/mol. The van der Waals surface area contributed by atoms with E-state index in [1.54, 1.807) is 18.2 Å². The number of halogens is 2. The first kappa shape index (κ1) is 20.2. The molecule has 0 aliphatic carbocycles. The minimum absolute atomic E-state index is 0.0956. The lowest BCUT2D eigenvalue weighted by atomic mass is 9.78. The first-order valence-corrected chi connectivity index (χ1v) is 9.65. The zero-order valence-corrected chi connectivity index (χ0v) is 17.2. The molecule has 0 fully saturated rings. The van der Waals surface area contributed by atoms with Crippen molar-refractivity contribution >= 4 is 34.8 Å². The van der Waals surface area contributed by atoms with Crippen molar-refractivity contribution < 1.29 is 9.53 Å². The number of hydrogen-bond acceptors (Lipinski definition) is 2. The molecular formula is C23H21Cl2NO2. The van der Waals surface area contributed by atoms with Crippen LogP contribution in [-0.4, -0.2) is 12.5 Å². The van der Waals surface area contributed by atoms with Crippen molar-refractivity contribution in [3.63, 3.8) is 0 Å². The predicted octanol–water partition coefficient (Wildman–Crippen LogP) is 6.34. The minimum atomic E-state index is -0.271. The SMILES string of the molecule is CC(C)(c1ccccc1)c1ccc(OCC(=O)Nc2ccc(Cl)c(Cl)c2)cc1. The third-order valence-electron chi connectivity index (χ3n) is 4.64. The van der Waals surface area contributed by atoms with Crippen molar-refractivity contribution in [2.45, 2.75) is 19.3 Å². The molecule has 0 saturated carbocycles. The summed E-state index contributed by atoms with van der Waals surface area (Å²) in [6.07, 6.45) is 0. The van der Waals surface area contributed by atoms with Crippen molar-refractivity contribution in [2.24, 2.45) is 0 Å². The van der Waals surface area contributed by atoms with Crippen LogP contribution in [0.2, 0.25) is 10.0 Å². The maximum Gasteiger partial charge on any atom is 0.262 e. The second-order valence-electron chi connectivity index (χ2n) is 6.98. The number of carbonyl (C=O) groups is 1. The fourth-order valence-electron chi connectivity index (χ4n) is 2.91. The summed E-state index contributed by atoms with van der Waals surface area (Å²) in [5, 5.41) is 3.56. The molecule has 0 atom stereocenters. The Morgan fingerprint density at radius 3 is 2.18 bits per heavy atom. The van der Waals surface area contributed by atoms with E-state index in [4.69, 9.17) is 27.9 Å². The number of anilines is 1. The largest absolute Gasteiger partial charge is 0.484 e. The average Bonchev–Trinajstić information content (AvgIpc) is 2.70. The zero-order valence-electron chi connectivity index (χ0n) is 15.7. The van der Waals surface area contributed by atoms with Gasteiger partial charge in [-0.2, -0.15) is 0 Å². The molecule has 0 aromatic heterocycles.